The molecule has 0 atom stereocenters. The predicted molar refractivity (Wildman–Crippen MR) is 122 cm³/mol. The number of hydrogen-bond acceptors (Lipinski definition) is 3. The lowest BCUT2D eigenvalue weighted by molar-refractivity contribution is -0.120. The van der Waals surface area contributed by atoms with E-state index in [9.17, 15) is 9.59 Å². The third kappa shape index (κ3) is 3.52. The van der Waals surface area contributed by atoms with Crippen molar-refractivity contribution in [3.63, 3.8) is 0 Å². The Morgan fingerprint density at radius 3 is 2.33 bits per heavy atom. The number of carbonyl (C=O) groups excluding carboxylic acids is 2. The average molecular weight is 443 g/mol. The number of halogens is 2. The smallest absolute Gasteiger partial charge is 0.282 e. The second-order valence-corrected chi connectivity index (χ2v) is 9.02. The lowest BCUT2D eigenvalue weighted by Crippen LogP contribution is -2.38. The van der Waals surface area contributed by atoms with Gasteiger partial charge in [-0.2, -0.15) is 0 Å². The van der Waals surface area contributed by atoms with E-state index in [4.69, 9.17) is 23.2 Å². The van der Waals surface area contributed by atoms with Crippen molar-refractivity contribution in [3.05, 3.63) is 68.8 Å². The lowest BCUT2D eigenvalue weighted by Gasteiger charge is -2.32. The van der Waals surface area contributed by atoms with Crippen molar-refractivity contribution in [1.82, 2.24) is 4.90 Å². The summed E-state index contributed by atoms with van der Waals surface area (Å²) in [5, 5.41) is 0.512. The Morgan fingerprint density at radius 2 is 1.67 bits per heavy atom. The Morgan fingerprint density at radius 1 is 0.967 bits per heavy atom. The molecule has 0 aliphatic carbocycles. The minimum atomic E-state index is -0.357. The molecule has 2 aliphatic heterocycles. The number of amides is 2. The number of piperidine rings is 1. The van der Waals surface area contributed by atoms with Crippen molar-refractivity contribution in [2.75, 3.05) is 18.0 Å². The number of aryl methyl sites for hydroxylation is 2. The average Bonchev–Trinajstić information content (AvgIpc) is 2.95. The van der Waals surface area contributed by atoms with E-state index in [1.54, 1.807) is 18.2 Å². The van der Waals surface area contributed by atoms with Crippen LogP contribution in [0.5, 0.6) is 0 Å². The highest BCUT2D eigenvalue weighted by Gasteiger charge is 2.44. The summed E-state index contributed by atoms with van der Waals surface area (Å²) in [7, 11) is 0. The monoisotopic (exact) mass is 442 g/mol. The molecular weight excluding hydrogens is 419 g/mol. The zero-order valence-corrected chi connectivity index (χ0v) is 18.8. The van der Waals surface area contributed by atoms with Crippen molar-refractivity contribution in [3.8, 4) is 0 Å². The van der Waals surface area contributed by atoms with Gasteiger partial charge in [-0.05, 0) is 55.9 Å². The number of anilines is 1. The number of nitrogens with zero attached hydrogens (tertiary/aromatic N) is 2. The third-order valence-corrected chi connectivity index (χ3v) is 6.79. The van der Waals surface area contributed by atoms with E-state index in [-0.39, 0.29) is 16.8 Å². The van der Waals surface area contributed by atoms with Crippen molar-refractivity contribution in [1.29, 1.82) is 0 Å². The van der Waals surface area contributed by atoms with Gasteiger partial charge in [0.25, 0.3) is 11.8 Å². The van der Waals surface area contributed by atoms with Crippen molar-refractivity contribution >= 4 is 46.3 Å². The molecule has 2 aliphatic rings. The molecule has 0 bridgehead atoms. The van der Waals surface area contributed by atoms with Crippen LogP contribution in [-0.4, -0.2) is 29.8 Å². The Kier molecular flexibility index (Phi) is 5.65. The zero-order chi connectivity index (χ0) is 21.6. The normalized spacial score (nSPS) is 18.0. The SMILES string of the molecule is Cc1ccc(C2=C(N3CCC(C)CC3)C(=O)N(c3cccc(Cl)c3Cl)C2=O)c(C)c1. The van der Waals surface area contributed by atoms with Crippen molar-refractivity contribution in [2.45, 2.75) is 33.6 Å². The number of imide groups is 1. The van der Waals surface area contributed by atoms with Gasteiger partial charge in [-0.1, -0.05) is 60.0 Å². The summed E-state index contributed by atoms with van der Waals surface area (Å²) in [5.74, 6) is -0.0875. The van der Waals surface area contributed by atoms with Gasteiger partial charge < -0.3 is 4.90 Å². The molecule has 2 amide bonds. The molecule has 0 radical (unpaired) electrons. The van der Waals surface area contributed by atoms with E-state index in [1.165, 1.54) is 4.90 Å². The highest BCUT2D eigenvalue weighted by Crippen LogP contribution is 2.41. The predicted octanol–water partition coefficient (Wildman–Crippen LogP) is 5.63. The van der Waals surface area contributed by atoms with E-state index >= 15 is 0 Å². The fourth-order valence-corrected chi connectivity index (χ4v) is 4.64. The minimum Gasteiger partial charge on any atom is -0.366 e. The molecule has 0 unspecified atom stereocenters. The van der Waals surface area contributed by atoms with E-state index in [0.29, 0.717) is 27.9 Å². The summed E-state index contributed by atoms with van der Waals surface area (Å²) in [6, 6.07) is 10.9. The summed E-state index contributed by atoms with van der Waals surface area (Å²) in [5.41, 5.74) is 4.10. The van der Waals surface area contributed by atoms with Gasteiger partial charge in [-0.3, -0.25) is 9.59 Å². The topological polar surface area (TPSA) is 40.6 Å². The van der Waals surface area contributed by atoms with Crippen molar-refractivity contribution in [2.24, 2.45) is 5.92 Å². The Hall–Kier alpha value is -2.30. The zero-order valence-electron chi connectivity index (χ0n) is 17.3. The fraction of sp³-hybridized carbons (Fsp3) is 0.333. The van der Waals surface area contributed by atoms with Crippen LogP contribution in [0.1, 0.15) is 36.5 Å². The maximum absolute atomic E-state index is 13.7. The van der Waals surface area contributed by atoms with Crippen LogP contribution in [0.4, 0.5) is 5.69 Å². The first-order valence-electron chi connectivity index (χ1n) is 10.2. The number of carbonyl (C=O) groups is 2. The summed E-state index contributed by atoms with van der Waals surface area (Å²) < 4.78 is 0. The maximum atomic E-state index is 13.7. The van der Waals surface area contributed by atoms with Gasteiger partial charge in [-0.15, -0.1) is 0 Å². The fourth-order valence-electron chi connectivity index (χ4n) is 4.26. The van der Waals surface area contributed by atoms with Crippen molar-refractivity contribution < 1.29 is 9.59 Å². The highest BCUT2D eigenvalue weighted by atomic mass is 35.5. The Bertz CT molecular complexity index is 1070. The van der Waals surface area contributed by atoms with Crippen LogP contribution in [0, 0.1) is 19.8 Å². The molecule has 0 aromatic heterocycles. The van der Waals surface area contributed by atoms with Gasteiger partial charge in [0.2, 0.25) is 0 Å². The second-order valence-electron chi connectivity index (χ2n) is 8.23. The van der Waals surface area contributed by atoms with Crippen LogP contribution < -0.4 is 4.90 Å². The van der Waals surface area contributed by atoms with Gasteiger partial charge in [0, 0.05) is 13.1 Å². The third-order valence-electron chi connectivity index (χ3n) is 5.98. The van der Waals surface area contributed by atoms with Gasteiger partial charge in [0.15, 0.2) is 0 Å². The lowest BCUT2D eigenvalue weighted by atomic mass is 9.95. The van der Waals surface area contributed by atoms with E-state index in [1.807, 2.05) is 32.0 Å². The first-order valence-corrected chi connectivity index (χ1v) is 10.9. The molecule has 30 heavy (non-hydrogen) atoms. The standard InChI is InChI=1S/C24H24Cl2N2O2/c1-14-9-11-27(12-10-14)22-20(17-8-7-15(2)13-16(17)3)23(29)28(24(22)30)19-6-4-5-18(25)21(19)26/h4-8,13-14H,9-12H2,1-3H3. The molecule has 0 N–H and O–H groups in total. The molecule has 0 spiro atoms. The summed E-state index contributed by atoms with van der Waals surface area (Å²) in [6.07, 6.45) is 1.98. The second kappa shape index (κ2) is 8.09. The molecule has 2 aromatic rings. The van der Waals surface area contributed by atoms with Gasteiger partial charge >= 0.3 is 0 Å². The Labute approximate surface area is 187 Å². The molecule has 1 fully saturated rings. The molecule has 1 saturated heterocycles. The van der Waals surface area contributed by atoms with Crippen LogP contribution >= 0.6 is 23.2 Å². The van der Waals surface area contributed by atoms with E-state index in [2.05, 4.69) is 11.8 Å². The van der Waals surface area contributed by atoms with E-state index in [0.717, 1.165) is 42.6 Å². The van der Waals surface area contributed by atoms with Crippen LogP contribution in [0.2, 0.25) is 10.0 Å². The molecule has 6 heteroatoms. The number of likely N-dealkylation sites (tertiary alicyclic amines) is 1. The first-order chi connectivity index (χ1) is 14.3. The molecule has 2 heterocycles. The number of rotatable bonds is 3. The molecule has 0 saturated carbocycles. The number of hydrogen-bond donors (Lipinski definition) is 0. The van der Waals surface area contributed by atoms with Gasteiger partial charge in [0.1, 0.15) is 5.70 Å². The summed E-state index contributed by atoms with van der Waals surface area (Å²) in [6.45, 7) is 7.70. The maximum Gasteiger partial charge on any atom is 0.282 e. The minimum absolute atomic E-state index is 0.203. The number of benzene rings is 2. The molecule has 156 valence electrons. The molecule has 2 aromatic carbocycles. The summed E-state index contributed by atoms with van der Waals surface area (Å²) in [4.78, 5) is 30.5. The van der Waals surface area contributed by atoms with E-state index < -0.39 is 0 Å². The van der Waals surface area contributed by atoms with Crippen LogP contribution in [0.3, 0.4) is 0 Å². The van der Waals surface area contributed by atoms with Gasteiger partial charge in [0.05, 0.1) is 21.3 Å². The highest BCUT2D eigenvalue weighted by molar-refractivity contribution is 6.49. The first kappa shape index (κ1) is 21.0. The molecular formula is C24H24Cl2N2O2. The van der Waals surface area contributed by atoms with Gasteiger partial charge in [-0.25, -0.2) is 4.90 Å². The molecule has 4 nitrogen and oxygen atoms in total. The van der Waals surface area contributed by atoms with Crippen LogP contribution in [-0.2, 0) is 9.59 Å². The largest absolute Gasteiger partial charge is 0.366 e. The summed E-state index contributed by atoms with van der Waals surface area (Å²) >= 11 is 12.6. The van der Waals surface area contributed by atoms with Crippen LogP contribution in [0.15, 0.2) is 42.1 Å². The van der Waals surface area contributed by atoms with Crippen LogP contribution in [0.25, 0.3) is 5.57 Å². The quantitative estimate of drug-likeness (QED) is 0.578. The Balaban J connectivity index is 1.87. The molecule has 4 rings (SSSR count).